The van der Waals surface area contributed by atoms with E-state index in [1.807, 2.05) is 13.8 Å². The quantitative estimate of drug-likeness (QED) is 0.794. The normalized spacial score (nSPS) is 12.1. The lowest BCUT2D eigenvalue weighted by atomic mass is 10.2. The monoisotopic (exact) mass is 336 g/mol. The fraction of sp³-hybridized carbons (Fsp3) is 0.571. The Morgan fingerprint density at radius 3 is 2.29 bits per heavy atom. The average molecular weight is 337 g/mol. The lowest BCUT2D eigenvalue weighted by Gasteiger charge is -2.22. The van der Waals surface area contributed by atoms with Crippen molar-refractivity contribution in [3.63, 3.8) is 0 Å². The van der Waals surface area contributed by atoms with E-state index in [4.69, 9.17) is 11.6 Å². The second-order valence-corrected chi connectivity index (χ2v) is 7.15. The summed E-state index contributed by atoms with van der Waals surface area (Å²) < 4.78 is 41.1. The van der Waals surface area contributed by atoms with Crippen molar-refractivity contribution in [1.29, 1.82) is 0 Å². The van der Waals surface area contributed by atoms with E-state index in [1.54, 1.807) is 7.05 Å². The molecule has 0 aliphatic rings. The van der Waals surface area contributed by atoms with Crippen LogP contribution < -0.4 is 5.32 Å². The predicted molar refractivity (Wildman–Crippen MR) is 83.5 cm³/mol. The fourth-order valence-corrected chi connectivity index (χ4v) is 4.18. The van der Waals surface area contributed by atoms with Gasteiger partial charge in [-0.15, -0.1) is 0 Å². The van der Waals surface area contributed by atoms with E-state index in [0.717, 1.165) is 0 Å². The van der Waals surface area contributed by atoms with E-state index < -0.39 is 15.8 Å². The van der Waals surface area contributed by atoms with Crippen molar-refractivity contribution in [1.82, 2.24) is 9.62 Å². The number of hydrogen-bond acceptors (Lipinski definition) is 3. The van der Waals surface area contributed by atoms with Crippen LogP contribution in [0.2, 0.25) is 5.02 Å². The van der Waals surface area contributed by atoms with Gasteiger partial charge < -0.3 is 5.32 Å². The Labute approximate surface area is 131 Å². The van der Waals surface area contributed by atoms with E-state index in [1.165, 1.54) is 16.4 Å². The molecule has 120 valence electrons. The van der Waals surface area contributed by atoms with Gasteiger partial charge in [-0.1, -0.05) is 25.4 Å². The van der Waals surface area contributed by atoms with Gasteiger partial charge in [0.15, 0.2) is 0 Å². The van der Waals surface area contributed by atoms with Crippen LogP contribution in [-0.2, 0) is 16.6 Å². The van der Waals surface area contributed by atoms with E-state index in [-0.39, 0.29) is 22.0 Å². The summed E-state index contributed by atoms with van der Waals surface area (Å²) in [6.45, 7) is 4.72. The van der Waals surface area contributed by atoms with Crippen molar-refractivity contribution in [3.8, 4) is 0 Å². The highest BCUT2D eigenvalue weighted by Crippen LogP contribution is 2.26. The molecular weight excluding hydrogens is 315 g/mol. The number of hydrogen-bond donors (Lipinski definition) is 1. The SMILES string of the molecule is CCCN(CCC)S(=O)(=O)c1cc(Cl)cc(CNC)c1F. The van der Waals surface area contributed by atoms with Crippen LogP contribution in [0.4, 0.5) is 4.39 Å². The highest BCUT2D eigenvalue weighted by atomic mass is 35.5. The average Bonchev–Trinajstić information content (AvgIpc) is 2.42. The van der Waals surface area contributed by atoms with Crippen molar-refractivity contribution in [2.75, 3.05) is 20.1 Å². The van der Waals surface area contributed by atoms with E-state index in [2.05, 4.69) is 5.32 Å². The van der Waals surface area contributed by atoms with Crippen molar-refractivity contribution in [3.05, 3.63) is 28.5 Å². The van der Waals surface area contributed by atoms with Gasteiger partial charge in [0, 0.05) is 30.2 Å². The third-order valence-corrected chi connectivity index (χ3v) is 5.13. The topological polar surface area (TPSA) is 49.4 Å². The zero-order valence-corrected chi connectivity index (χ0v) is 14.2. The summed E-state index contributed by atoms with van der Waals surface area (Å²) in [5.74, 6) is -0.731. The van der Waals surface area contributed by atoms with Gasteiger partial charge in [-0.25, -0.2) is 12.8 Å². The molecule has 0 bridgehead atoms. The predicted octanol–water partition coefficient (Wildman–Crippen LogP) is 3.01. The largest absolute Gasteiger partial charge is 0.316 e. The molecule has 1 rings (SSSR count). The maximum absolute atomic E-state index is 14.5. The highest BCUT2D eigenvalue weighted by Gasteiger charge is 2.28. The van der Waals surface area contributed by atoms with Crippen molar-refractivity contribution in [2.24, 2.45) is 0 Å². The molecule has 1 N–H and O–H groups in total. The van der Waals surface area contributed by atoms with E-state index in [0.29, 0.717) is 25.9 Å². The fourth-order valence-electron chi connectivity index (χ4n) is 2.12. The van der Waals surface area contributed by atoms with Crippen molar-refractivity contribution < 1.29 is 12.8 Å². The third kappa shape index (κ3) is 4.39. The molecule has 1 aromatic carbocycles. The van der Waals surface area contributed by atoms with Crippen LogP contribution in [0.5, 0.6) is 0 Å². The van der Waals surface area contributed by atoms with Gasteiger partial charge in [0.25, 0.3) is 0 Å². The first-order valence-corrected chi connectivity index (χ1v) is 8.82. The lowest BCUT2D eigenvalue weighted by Crippen LogP contribution is -2.33. The van der Waals surface area contributed by atoms with Gasteiger partial charge >= 0.3 is 0 Å². The second kappa shape index (κ2) is 8.08. The Balaban J connectivity index is 3.35. The molecule has 0 heterocycles. The molecule has 0 aliphatic heterocycles. The molecule has 0 fully saturated rings. The Bertz CT molecular complexity index is 573. The number of nitrogens with zero attached hydrogens (tertiary/aromatic N) is 1. The first-order chi connectivity index (χ1) is 9.88. The zero-order chi connectivity index (χ0) is 16.0. The van der Waals surface area contributed by atoms with Gasteiger partial charge in [0.05, 0.1) is 0 Å². The number of nitrogens with one attached hydrogen (secondary N) is 1. The Morgan fingerprint density at radius 1 is 1.24 bits per heavy atom. The number of halogens is 2. The Hall–Kier alpha value is -0.690. The van der Waals surface area contributed by atoms with E-state index >= 15 is 0 Å². The Morgan fingerprint density at radius 2 is 1.81 bits per heavy atom. The van der Waals surface area contributed by atoms with Crippen LogP contribution in [0.25, 0.3) is 0 Å². The van der Waals surface area contributed by atoms with Crippen LogP contribution in [0, 0.1) is 5.82 Å². The summed E-state index contributed by atoms with van der Waals surface area (Å²) in [4.78, 5) is -0.345. The maximum atomic E-state index is 14.5. The van der Waals surface area contributed by atoms with Crippen LogP contribution in [-0.4, -0.2) is 32.9 Å². The molecule has 0 atom stereocenters. The van der Waals surface area contributed by atoms with Crippen LogP contribution in [0.15, 0.2) is 17.0 Å². The standard InChI is InChI=1S/C14H22ClFN2O2S/c1-4-6-18(7-5-2)21(19,20)13-9-12(15)8-11(10-17-3)14(13)16/h8-9,17H,4-7,10H2,1-3H3. The van der Waals surface area contributed by atoms with Gasteiger partial charge in [-0.3, -0.25) is 0 Å². The molecule has 0 amide bonds. The van der Waals surface area contributed by atoms with Crippen LogP contribution >= 0.6 is 11.6 Å². The first kappa shape index (κ1) is 18.4. The summed E-state index contributed by atoms with van der Waals surface area (Å²) in [5, 5.41) is 3.02. The van der Waals surface area contributed by atoms with Crippen LogP contribution in [0.1, 0.15) is 32.3 Å². The molecule has 7 heteroatoms. The summed E-state index contributed by atoms with van der Waals surface area (Å²) >= 11 is 5.95. The molecule has 0 aliphatic carbocycles. The number of sulfonamides is 1. The zero-order valence-electron chi connectivity index (χ0n) is 12.6. The molecule has 0 aromatic heterocycles. The molecule has 0 saturated heterocycles. The maximum Gasteiger partial charge on any atom is 0.246 e. The molecule has 0 spiro atoms. The first-order valence-electron chi connectivity index (χ1n) is 7.01. The minimum absolute atomic E-state index is 0.216. The molecule has 1 aromatic rings. The number of rotatable bonds is 8. The van der Waals surface area contributed by atoms with Gasteiger partial charge in [0.1, 0.15) is 10.7 Å². The van der Waals surface area contributed by atoms with Crippen molar-refractivity contribution >= 4 is 21.6 Å². The summed E-state index contributed by atoms with van der Waals surface area (Å²) in [7, 11) is -2.21. The van der Waals surface area contributed by atoms with Gasteiger partial charge in [0.2, 0.25) is 10.0 Å². The summed E-state index contributed by atoms with van der Waals surface area (Å²) in [6.07, 6.45) is 1.34. The molecule has 0 unspecified atom stereocenters. The van der Waals surface area contributed by atoms with Gasteiger partial charge in [-0.05, 0) is 32.0 Å². The number of benzene rings is 1. The summed E-state index contributed by atoms with van der Waals surface area (Å²) in [6, 6.07) is 2.63. The minimum atomic E-state index is -3.87. The Kier molecular flexibility index (Phi) is 7.06. The second-order valence-electron chi connectivity index (χ2n) is 4.81. The minimum Gasteiger partial charge on any atom is -0.316 e. The van der Waals surface area contributed by atoms with E-state index in [9.17, 15) is 12.8 Å². The molecular formula is C14H22ClFN2O2S. The molecule has 4 nitrogen and oxygen atoms in total. The van der Waals surface area contributed by atoms with Gasteiger partial charge in [-0.2, -0.15) is 4.31 Å². The third-order valence-electron chi connectivity index (χ3n) is 3.01. The summed E-state index contributed by atoms with van der Waals surface area (Å²) in [5.41, 5.74) is 0.247. The smallest absolute Gasteiger partial charge is 0.246 e. The molecule has 0 radical (unpaired) electrons. The van der Waals surface area contributed by atoms with Crippen molar-refractivity contribution in [2.45, 2.75) is 38.1 Å². The van der Waals surface area contributed by atoms with Crippen LogP contribution in [0.3, 0.4) is 0 Å². The molecule has 0 saturated carbocycles. The highest BCUT2D eigenvalue weighted by molar-refractivity contribution is 7.89. The lowest BCUT2D eigenvalue weighted by molar-refractivity contribution is 0.406. The molecule has 21 heavy (non-hydrogen) atoms.